The highest BCUT2D eigenvalue weighted by atomic mass is 35.5. The van der Waals surface area contributed by atoms with Crippen molar-refractivity contribution in [2.75, 3.05) is 7.11 Å². The van der Waals surface area contributed by atoms with Gasteiger partial charge in [-0.2, -0.15) is 0 Å². The van der Waals surface area contributed by atoms with Gasteiger partial charge in [0.05, 0.1) is 22.3 Å². The van der Waals surface area contributed by atoms with E-state index in [1.54, 1.807) is 13.2 Å². The Kier molecular flexibility index (Phi) is 2.36. The summed E-state index contributed by atoms with van der Waals surface area (Å²) in [4.78, 5) is 4.19. The number of nitrogens with zero attached hydrogens (tertiary/aromatic N) is 1. The summed E-state index contributed by atoms with van der Waals surface area (Å²) >= 11 is 11.6. The van der Waals surface area contributed by atoms with E-state index in [-0.39, 0.29) is 0 Å². The van der Waals surface area contributed by atoms with Gasteiger partial charge in [-0.25, -0.2) is 4.98 Å². The van der Waals surface area contributed by atoms with Gasteiger partial charge in [0.2, 0.25) is 0 Å². The van der Waals surface area contributed by atoms with E-state index in [1.807, 2.05) is 6.07 Å². The highest BCUT2D eigenvalue weighted by Gasteiger charge is 2.06. The van der Waals surface area contributed by atoms with Crippen LogP contribution in [0.4, 0.5) is 0 Å². The minimum atomic E-state index is 0.577. The summed E-state index contributed by atoms with van der Waals surface area (Å²) in [5.74, 6) is 0.672. The third-order valence-electron chi connectivity index (χ3n) is 1.65. The van der Waals surface area contributed by atoms with E-state index in [0.29, 0.717) is 10.8 Å². The quantitative estimate of drug-likeness (QED) is 0.762. The summed E-state index contributed by atoms with van der Waals surface area (Å²) in [6.45, 7) is 0. The van der Waals surface area contributed by atoms with E-state index in [1.165, 1.54) is 11.3 Å². The van der Waals surface area contributed by atoms with E-state index in [9.17, 15) is 0 Å². The molecule has 0 aliphatic rings. The Bertz CT molecular complexity index is 455. The Labute approximate surface area is 89.9 Å². The number of benzene rings is 1. The summed E-state index contributed by atoms with van der Waals surface area (Å²) in [5, 5.41) is 0.577. The fourth-order valence-electron chi connectivity index (χ4n) is 1.07. The highest BCUT2D eigenvalue weighted by Crippen LogP contribution is 2.33. The molecule has 0 unspecified atom stereocenters. The standard InChI is InChI=1S/C8H6ClNOS2/c1-11-6-3-7-5(2-4(6)9)10-8(12)13-7/h2-3H,1H3,(H,10,12). The van der Waals surface area contributed by atoms with Crippen molar-refractivity contribution in [1.82, 2.24) is 4.98 Å². The number of methoxy groups -OCH3 is 1. The van der Waals surface area contributed by atoms with Crippen LogP contribution < -0.4 is 4.74 Å². The van der Waals surface area contributed by atoms with Crippen molar-refractivity contribution in [3.8, 4) is 5.75 Å². The fourth-order valence-corrected chi connectivity index (χ4v) is 2.43. The second-order valence-corrected chi connectivity index (χ2v) is 4.61. The number of aromatic nitrogens is 1. The van der Waals surface area contributed by atoms with Gasteiger partial charge in [0.25, 0.3) is 0 Å². The first kappa shape index (κ1) is 9.12. The topological polar surface area (TPSA) is 22.1 Å². The van der Waals surface area contributed by atoms with Gasteiger partial charge in [-0.05, 0) is 6.07 Å². The van der Waals surface area contributed by atoms with Crippen molar-refractivity contribution in [2.24, 2.45) is 0 Å². The van der Waals surface area contributed by atoms with Gasteiger partial charge in [0.15, 0.2) is 0 Å². The molecule has 0 aliphatic heterocycles. The van der Waals surface area contributed by atoms with E-state index in [4.69, 9.17) is 16.3 Å². The molecule has 0 aliphatic carbocycles. The molecule has 13 heavy (non-hydrogen) atoms. The van der Waals surface area contributed by atoms with Crippen LogP contribution in [-0.4, -0.2) is 12.1 Å². The third-order valence-corrected chi connectivity index (χ3v) is 3.14. The Hall–Kier alpha value is -0.450. The summed E-state index contributed by atoms with van der Waals surface area (Å²) < 4.78 is 6.85. The molecular formula is C8H6ClNOS2. The van der Waals surface area contributed by atoms with Crippen LogP contribution in [0.2, 0.25) is 5.02 Å². The van der Waals surface area contributed by atoms with Crippen LogP contribution >= 0.6 is 35.6 Å². The summed E-state index contributed by atoms with van der Waals surface area (Å²) in [5.41, 5.74) is 0.862. The molecule has 0 saturated heterocycles. The lowest BCUT2D eigenvalue weighted by Crippen LogP contribution is -1.82. The molecule has 0 spiro atoms. The van der Waals surface area contributed by atoms with Crippen molar-refractivity contribution in [3.05, 3.63) is 17.2 Å². The zero-order valence-corrected chi connectivity index (χ0v) is 9.21. The summed E-state index contributed by atoms with van der Waals surface area (Å²) in [6.07, 6.45) is 0. The van der Waals surface area contributed by atoms with Gasteiger partial charge >= 0.3 is 0 Å². The molecule has 2 nitrogen and oxygen atoms in total. The fraction of sp³-hybridized carbons (Fsp3) is 0.125. The third kappa shape index (κ3) is 1.61. The number of hydrogen-bond donors (Lipinski definition) is 1. The molecule has 5 heteroatoms. The number of ether oxygens (including phenoxy) is 1. The number of halogens is 1. The second kappa shape index (κ2) is 3.36. The number of rotatable bonds is 1. The van der Waals surface area contributed by atoms with Crippen LogP contribution in [0.25, 0.3) is 10.2 Å². The normalized spacial score (nSPS) is 10.7. The Morgan fingerprint density at radius 3 is 3.00 bits per heavy atom. The van der Waals surface area contributed by atoms with Crippen LogP contribution in [0, 0.1) is 0 Å². The molecule has 1 aromatic heterocycles. The van der Waals surface area contributed by atoms with Gasteiger partial charge in [-0.15, -0.1) is 24.0 Å². The Morgan fingerprint density at radius 2 is 2.31 bits per heavy atom. The predicted octanol–water partition coefficient (Wildman–Crippen LogP) is 3.25. The van der Waals surface area contributed by atoms with Gasteiger partial charge < -0.3 is 4.74 Å². The lowest BCUT2D eigenvalue weighted by atomic mass is 10.3. The Balaban J connectivity index is 2.72. The van der Waals surface area contributed by atoms with Crippen LogP contribution in [-0.2, 0) is 0 Å². The first-order chi connectivity index (χ1) is 6.20. The summed E-state index contributed by atoms with van der Waals surface area (Å²) in [6, 6.07) is 3.65. The van der Waals surface area contributed by atoms with Crippen molar-refractivity contribution in [1.29, 1.82) is 0 Å². The molecule has 0 radical (unpaired) electrons. The first-order valence-corrected chi connectivity index (χ1v) is 5.18. The molecule has 2 rings (SSSR count). The number of thiazole rings is 1. The largest absolute Gasteiger partial charge is 0.495 e. The molecule has 1 heterocycles. The lowest BCUT2D eigenvalue weighted by molar-refractivity contribution is 0.415. The van der Waals surface area contributed by atoms with Gasteiger partial charge in [0, 0.05) is 6.07 Å². The van der Waals surface area contributed by atoms with Crippen molar-refractivity contribution in [3.63, 3.8) is 0 Å². The molecular weight excluding hydrogens is 226 g/mol. The van der Waals surface area contributed by atoms with Crippen LogP contribution in [0.15, 0.2) is 16.5 Å². The maximum Gasteiger partial charge on any atom is 0.148 e. The zero-order valence-electron chi connectivity index (χ0n) is 6.74. The molecule has 0 N–H and O–H groups in total. The minimum Gasteiger partial charge on any atom is -0.495 e. The smallest absolute Gasteiger partial charge is 0.148 e. The molecule has 1 aromatic carbocycles. The molecule has 0 bridgehead atoms. The van der Waals surface area contributed by atoms with Crippen LogP contribution in [0.3, 0.4) is 0 Å². The molecule has 0 amide bonds. The Morgan fingerprint density at radius 1 is 1.54 bits per heavy atom. The van der Waals surface area contributed by atoms with Crippen LogP contribution in [0.1, 0.15) is 0 Å². The minimum absolute atomic E-state index is 0.577. The van der Waals surface area contributed by atoms with E-state index >= 15 is 0 Å². The van der Waals surface area contributed by atoms with Gasteiger partial charge in [-0.3, -0.25) is 0 Å². The monoisotopic (exact) mass is 231 g/mol. The zero-order chi connectivity index (χ0) is 9.42. The number of fused-ring (bicyclic) bond motifs is 1. The van der Waals surface area contributed by atoms with Crippen molar-refractivity contribution in [2.45, 2.75) is 4.34 Å². The van der Waals surface area contributed by atoms with Crippen LogP contribution in [0.5, 0.6) is 5.75 Å². The van der Waals surface area contributed by atoms with E-state index < -0.39 is 0 Å². The molecule has 2 aromatic rings. The second-order valence-electron chi connectivity index (χ2n) is 2.45. The predicted molar refractivity (Wildman–Crippen MR) is 58.4 cm³/mol. The SMILES string of the molecule is COc1cc2sc(S)nc2cc1Cl. The molecule has 68 valence electrons. The highest BCUT2D eigenvalue weighted by molar-refractivity contribution is 7.82. The van der Waals surface area contributed by atoms with Gasteiger partial charge in [-0.1, -0.05) is 11.6 Å². The summed E-state index contributed by atoms with van der Waals surface area (Å²) in [7, 11) is 1.59. The average Bonchev–Trinajstić information content (AvgIpc) is 2.42. The van der Waals surface area contributed by atoms with E-state index in [2.05, 4.69) is 17.6 Å². The maximum absolute atomic E-state index is 5.93. The molecule has 0 fully saturated rings. The first-order valence-electron chi connectivity index (χ1n) is 3.54. The van der Waals surface area contributed by atoms with Crippen molar-refractivity contribution < 1.29 is 4.74 Å². The van der Waals surface area contributed by atoms with Crippen molar-refractivity contribution >= 4 is 45.8 Å². The average molecular weight is 232 g/mol. The number of thiol groups is 1. The van der Waals surface area contributed by atoms with E-state index in [0.717, 1.165) is 14.6 Å². The molecule has 0 saturated carbocycles. The lowest BCUT2D eigenvalue weighted by Gasteiger charge is -2.00. The van der Waals surface area contributed by atoms with Gasteiger partial charge in [0.1, 0.15) is 10.1 Å². The molecule has 0 atom stereocenters. The number of hydrogen-bond acceptors (Lipinski definition) is 4. The maximum atomic E-state index is 5.93.